The molecule has 0 aliphatic heterocycles. The first-order valence-corrected chi connectivity index (χ1v) is 9.18. The zero-order valence-electron chi connectivity index (χ0n) is 16.7. The number of hydrogen-bond donors (Lipinski definition) is 0. The van der Waals surface area contributed by atoms with E-state index in [9.17, 15) is 9.59 Å². The molecule has 26 heavy (non-hydrogen) atoms. The summed E-state index contributed by atoms with van der Waals surface area (Å²) in [4.78, 5) is 28.0. The van der Waals surface area contributed by atoms with Gasteiger partial charge in [-0.15, -0.1) is 0 Å². The molecule has 1 amide bonds. The van der Waals surface area contributed by atoms with Crippen LogP contribution in [-0.2, 0) is 14.3 Å². The van der Waals surface area contributed by atoms with E-state index in [2.05, 4.69) is 23.5 Å². The number of aryl methyl sites for hydroxylation is 1. The monoisotopic (exact) mass is 364 g/mol. The Labute approximate surface area is 157 Å². The van der Waals surface area contributed by atoms with Crippen LogP contribution in [-0.4, -0.2) is 68.1 Å². The van der Waals surface area contributed by atoms with Crippen LogP contribution in [0.5, 0.6) is 5.75 Å². The SMILES string of the molecule is CCN(CC)CCN(CCC(=O)OC)C(=O)COc1cccc(C)c1C. The van der Waals surface area contributed by atoms with Gasteiger partial charge in [0.25, 0.3) is 5.91 Å². The van der Waals surface area contributed by atoms with E-state index in [4.69, 9.17) is 4.74 Å². The van der Waals surface area contributed by atoms with Gasteiger partial charge in [0.2, 0.25) is 0 Å². The molecule has 0 N–H and O–H groups in total. The fourth-order valence-electron chi connectivity index (χ4n) is 2.60. The van der Waals surface area contributed by atoms with Crippen LogP contribution in [0.25, 0.3) is 0 Å². The second-order valence-electron chi connectivity index (χ2n) is 6.22. The highest BCUT2D eigenvalue weighted by Crippen LogP contribution is 2.20. The molecule has 0 saturated carbocycles. The van der Waals surface area contributed by atoms with Crippen LogP contribution in [0.15, 0.2) is 18.2 Å². The second kappa shape index (κ2) is 11.5. The van der Waals surface area contributed by atoms with E-state index in [0.29, 0.717) is 13.1 Å². The number of ether oxygens (including phenoxy) is 2. The molecule has 0 fully saturated rings. The van der Waals surface area contributed by atoms with Crippen LogP contribution in [0.1, 0.15) is 31.4 Å². The normalized spacial score (nSPS) is 10.7. The Kier molecular flexibility index (Phi) is 9.73. The van der Waals surface area contributed by atoms with Crippen LogP contribution in [0.3, 0.4) is 0 Å². The molecule has 0 radical (unpaired) electrons. The number of benzene rings is 1. The zero-order chi connectivity index (χ0) is 19.5. The summed E-state index contributed by atoms with van der Waals surface area (Å²) in [5, 5.41) is 0. The summed E-state index contributed by atoms with van der Waals surface area (Å²) < 4.78 is 10.4. The van der Waals surface area contributed by atoms with Gasteiger partial charge in [-0.1, -0.05) is 26.0 Å². The van der Waals surface area contributed by atoms with Crippen molar-refractivity contribution in [2.24, 2.45) is 0 Å². The number of carbonyl (C=O) groups excluding carboxylic acids is 2. The molecule has 0 heterocycles. The summed E-state index contributed by atoms with van der Waals surface area (Å²) in [6.45, 7) is 11.6. The maximum Gasteiger partial charge on any atom is 0.307 e. The third kappa shape index (κ3) is 7.04. The molecule has 1 aromatic rings. The molecule has 0 aliphatic carbocycles. The lowest BCUT2D eigenvalue weighted by Gasteiger charge is -2.26. The minimum Gasteiger partial charge on any atom is -0.483 e. The van der Waals surface area contributed by atoms with Gasteiger partial charge >= 0.3 is 5.97 Å². The first kappa shape index (κ1) is 22.0. The lowest BCUT2D eigenvalue weighted by Crippen LogP contribution is -2.42. The smallest absolute Gasteiger partial charge is 0.307 e. The summed E-state index contributed by atoms with van der Waals surface area (Å²) in [7, 11) is 1.36. The zero-order valence-corrected chi connectivity index (χ0v) is 16.7. The minimum absolute atomic E-state index is 0.0380. The van der Waals surface area contributed by atoms with Gasteiger partial charge in [0, 0.05) is 19.6 Å². The molecular weight excluding hydrogens is 332 g/mol. The number of esters is 1. The second-order valence-corrected chi connectivity index (χ2v) is 6.22. The number of rotatable bonds is 11. The van der Waals surface area contributed by atoms with Gasteiger partial charge in [-0.05, 0) is 44.1 Å². The molecule has 0 atom stereocenters. The molecule has 0 saturated heterocycles. The molecule has 6 nitrogen and oxygen atoms in total. The average molecular weight is 364 g/mol. The van der Waals surface area contributed by atoms with Crippen LogP contribution in [0.2, 0.25) is 0 Å². The van der Waals surface area contributed by atoms with E-state index in [1.165, 1.54) is 7.11 Å². The molecule has 0 unspecified atom stereocenters. The van der Waals surface area contributed by atoms with Crippen molar-refractivity contribution >= 4 is 11.9 Å². The van der Waals surface area contributed by atoms with E-state index in [1.807, 2.05) is 32.0 Å². The third-order valence-electron chi connectivity index (χ3n) is 4.65. The fourth-order valence-corrected chi connectivity index (χ4v) is 2.60. The predicted molar refractivity (Wildman–Crippen MR) is 102 cm³/mol. The number of carbonyl (C=O) groups is 2. The Bertz CT molecular complexity index is 585. The third-order valence-corrected chi connectivity index (χ3v) is 4.65. The first-order chi connectivity index (χ1) is 12.4. The van der Waals surface area contributed by atoms with Crippen molar-refractivity contribution in [2.45, 2.75) is 34.1 Å². The van der Waals surface area contributed by atoms with Crippen LogP contribution < -0.4 is 4.74 Å². The Morgan fingerprint density at radius 1 is 1.04 bits per heavy atom. The number of likely N-dealkylation sites (N-methyl/N-ethyl adjacent to an activating group) is 1. The fraction of sp³-hybridized carbons (Fsp3) is 0.600. The van der Waals surface area contributed by atoms with E-state index in [-0.39, 0.29) is 24.9 Å². The Hall–Kier alpha value is -2.08. The minimum atomic E-state index is -0.318. The summed E-state index contributed by atoms with van der Waals surface area (Å²) in [5.41, 5.74) is 2.16. The Balaban J connectivity index is 2.68. The number of hydrogen-bond acceptors (Lipinski definition) is 5. The van der Waals surface area contributed by atoms with Crippen LogP contribution in [0.4, 0.5) is 0 Å². The summed E-state index contributed by atoms with van der Waals surface area (Å²) >= 11 is 0. The van der Waals surface area contributed by atoms with Gasteiger partial charge in [0.1, 0.15) is 5.75 Å². The molecule has 0 bridgehead atoms. The van der Waals surface area contributed by atoms with Crippen molar-refractivity contribution < 1.29 is 19.1 Å². The largest absolute Gasteiger partial charge is 0.483 e. The molecular formula is C20H32N2O4. The molecule has 1 aromatic carbocycles. The standard InChI is InChI=1S/C20H32N2O4/c1-6-21(7-2)13-14-22(12-11-20(24)25-5)19(23)15-26-18-10-8-9-16(3)17(18)4/h8-10H,6-7,11-15H2,1-5H3. The van der Waals surface area contributed by atoms with E-state index in [1.54, 1.807) is 4.90 Å². The van der Waals surface area contributed by atoms with Gasteiger partial charge in [-0.2, -0.15) is 0 Å². The molecule has 0 aliphatic rings. The summed E-state index contributed by atoms with van der Waals surface area (Å²) in [5.74, 6) is 0.276. The number of methoxy groups -OCH3 is 1. The van der Waals surface area contributed by atoms with Gasteiger partial charge in [-0.25, -0.2) is 0 Å². The van der Waals surface area contributed by atoms with Crippen molar-refractivity contribution in [1.29, 1.82) is 0 Å². The molecule has 6 heteroatoms. The quantitative estimate of drug-likeness (QED) is 0.565. The van der Waals surface area contributed by atoms with E-state index in [0.717, 1.165) is 36.5 Å². The van der Waals surface area contributed by atoms with Crippen molar-refractivity contribution in [3.05, 3.63) is 29.3 Å². The molecule has 1 rings (SSSR count). The predicted octanol–water partition coefficient (Wildman–Crippen LogP) is 2.42. The van der Waals surface area contributed by atoms with Crippen molar-refractivity contribution in [3.8, 4) is 5.75 Å². The van der Waals surface area contributed by atoms with Gasteiger partial charge < -0.3 is 19.3 Å². The highest BCUT2D eigenvalue weighted by atomic mass is 16.5. The molecule has 146 valence electrons. The van der Waals surface area contributed by atoms with Gasteiger partial charge in [0.05, 0.1) is 13.5 Å². The summed E-state index contributed by atoms with van der Waals surface area (Å²) in [6, 6.07) is 5.79. The van der Waals surface area contributed by atoms with Crippen molar-refractivity contribution in [1.82, 2.24) is 9.80 Å². The maximum absolute atomic E-state index is 12.6. The Morgan fingerprint density at radius 2 is 1.73 bits per heavy atom. The first-order valence-electron chi connectivity index (χ1n) is 9.18. The highest BCUT2D eigenvalue weighted by molar-refractivity contribution is 5.78. The van der Waals surface area contributed by atoms with Crippen LogP contribution >= 0.6 is 0 Å². The Morgan fingerprint density at radius 3 is 2.35 bits per heavy atom. The van der Waals surface area contributed by atoms with Crippen LogP contribution in [0, 0.1) is 13.8 Å². The van der Waals surface area contributed by atoms with Crippen molar-refractivity contribution in [2.75, 3.05) is 46.4 Å². The average Bonchev–Trinajstić information content (AvgIpc) is 2.65. The van der Waals surface area contributed by atoms with Gasteiger partial charge in [-0.3, -0.25) is 9.59 Å². The lowest BCUT2D eigenvalue weighted by atomic mass is 10.1. The molecule has 0 aromatic heterocycles. The van der Waals surface area contributed by atoms with E-state index >= 15 is 0 Å². The topological polar surface area (TPSA) is 59.1 Å². The highest BCUT2D eigenvalue weighted by Gasteiger charge is 2.17. The van der Waals surface area contributed by atoms with Gasteiger partial charge in [0.15, 0.2) is 6.61 Å². The maximum atomic E-state index is 12.6. The number of amides is 1. The van der Waals surface area contributed by atoms with E-state index < -0.39 is 0 Å². The number of nitrogens with zero attached hydrogens (tertiary/aromatic N) is 2. The molecule has 0 spiro atoms. The van der Waals surface area contributed by atoms with Crippen molar-refractivity contribution in [3.63, 3.8) is 0 Å². The lowest BCUT2D eigenvalue weighted by molar-refractivity contribution is -0.142. The summed E-state index contributed by atoms with van der Waals surface area (Å²) in [6.07, 6.45) is 0.184.